The van der Waals surface area contributed by atoms with E-state index in [1.165, 1.54) is 38.2 Å². The third-order valence-electron chi connectivity index (χ3n) is 7.94. The number of piperidine rings is 2. The average Bonchev–Trinajstić information content (AvgIpc) is 2.90. The van der Waals surface area contributed by atoms with Gasteiger partial charge in [-0.15, -0.1) is 0 Å². The first kappa shape index (κ1) is 25.1. The fourth-order valence-corrected chi connectivity index (χ4v) is 5.81. The highest BCUT2D eigenvalue weighted by molar-refractivity contribution is 5.72. The Bertz CT molecular complexity index is 1050. The third-order valence-corrected chi connectivity index (χ3v) is 7.94. The van der Waals surface area contributed by atoms with E-state index in [0.29, 0.717) is 36.4 Å². The second kappa shape index (κ2) is 10.8. The number of benzene rings is 1. The SMILES string of the molecule is CCN1CCC(N2CCC(Nc3ncc(F)c(-c4cc(F)c5c(c4)N(C(C)C)CCO5)n3)CC2)CC1. The molecule has 1 aromatic carbocycles. The van der Waals surface area contributed by atoms with Crippen LogP contribution in [-0.2, 0) is 0 Å². The van der Waals surface area contributed by atoms with E-state index in [2.05, 4.69) is 36.9 Å². The molecule has 9 heteroatoms. The van der Waals surface area contributed by atoms with Gasteiger partial charge in [0.2, 0.25) is 5.95 Å². The van der Waals surface area contributed by atoms with Crippen LogP contribution in [0.3, 0.4) is 0 Å². The number of nitrogens with zero attached hydrogens (tertiary/aromatic N) is 5. The summed E-state index contributed by atoms with van der Waals surface area (Å²) >= 11 is 0. The molecule has 0 unspecified atom stereocenters. The van der Waals surface area contributed by atoms with Gasteiger partial charge in [-0.25, -0.2) is 18.7 Å². The molecule has 0 saturated carbocycles. The van der Waals surface area contributed by atoms with E-state index in [-0.39, 0.29) is 23.5 Å². The van der Waals surface area contributed by atoms with Crippen LogP contribution >= 0.6 is 0 Å². The summed E-state index contributed by atoms with van der Waals surface area (Å²) in [5, 5.41) is 3.41. The second-order valence-corrected chi connectivity index (χ2v) is 10.5. The average molecular weight is 501 g/mol. The Morgan fingerprint density at radius 1 is 1.03 bits per heavy atom. The topological polar surface area (TPSA) is 56.8 Å². The minimum Gasteiger partial charge on any atom is -0.486 e. The predicted molar refractivity (Wildman–Crippen MR) is 139 cm³/mol. The first-order chi connectivity index (χ1) is 17.4. The molecule has 0 aliphatic carbocycles. The summed E-state index contributed by atoms with van der Waals surface area (Å²) in [6.45, 7) is 13.0. The molecule has 0 amide bonds. The number of ether oxygens (including phenoxy) is 1. The van der Waals surface area contributed by atoms with Crippen molar-refractivity contribution in [2.75, 3.05) is 56.1 Å². The van der Waals surface area contributed by atoms with Gasteiger partial charge in [0, 0.05) is 36.8 Å². The summed E-state index contributed by atoms with van der Waals surface area (Å²) in [5.74, 6) is -0.465. The summed E-state index contributed by atoms with van der Waals surface area (Å²) < 4.78 is 35.4. The molecule has 0 spiro atoms. The zero-order chi connectivity index (χ0) is 25.2. The van der Waals surface area contributed by atoms with Crippen LogP contribution in [0.15, 0.2) is 18.3 Å². The molecule has 3 aliphatic rings. The Labute approximate surface area is 212 Å². The molecule has 1 N–H and O–H groups in total. The van der Waals surface area contributed by atoms with Gasteiger partial charge in [0.05, 0.1) is 18.4 Å². The smallest absolute Gasteiger partial charge is 0.223 e. The van der Waals surface area contributed by atoms with E-state index in [1.807, 2.05) is 13.8 Å². The van der Waals surface area contributed by atoms with Crippen LogP contribution in [0.25, 0.3) is 11.3 Å². The van der Waals surface area contributed by atoms with Crippen molar-refractivity contribution in [2.24, 2.45) is 0 Å². The number of hydrogen-bond donors (Lipinski definition) is 1. The van der Waals surface area contributed by atoms with Gasteiger partial charge >= 0.3 is 0 Å². The predicted octanol–water partition coefficient (Wildman–Crippen LogP) is 4.39. The molecule has 0 bridgehead atoms. The van der Waals surface area contributed by atoms with Gasteiger partial charge in [-0.2, -0.15) is 0 Å². The van der Waals surface area contributed by atoms with Crippen LogP contribution in [0.2, 0.25) is 0 Å². The summed E-state index contributed by atoms with van der Waals surface area (Å²) in [6.07, 6.45) is 5.66. The van der Waals surface area contributed by atoms with Crippen molar-refractivity contribution in [1.82, 2.24) is 19.8 Å². The molecule has 0 radical (unpaired) electrons. The number of anilines is 2. The minimum absolute atomic E-state index is 0.101. The molecule has 7 nitrogen and oxygen atoms in total. The molecule has 2 aromatic rings. The van der Waals surface area contributed by atoms with E-state index in [4.69, 9.17) is 4.74 Å². The van der Waals surface area contributed by atoms with Crippen LogP contribution in [0.4, 0.5) is 20.4 Å². The first-order valence-corrected chi connectivity index (χ1v) is 13.4. The van der Waals surface area contributed by atoms with Gasteiger partial charge in [0.15, 0.2) is 17.4 Å². The van der Waals surface area contributed by atoms with Crippen LogP contribution in [0, 0.1) is 11.6 Å². The van der Waals surface area contributed by atoms with Crippen molar-refractivity contribution in [3.05, 3.63) is 30.0 Å². The normalized spacial score (nSPS) is 20.4. The van der Waals surface area contributed by atoms with Crippen molar-refractivity contribution in [1.29, 1.82) is 0 Å². The molecule has 2 fully saturated rings. The van der Waals surface area contributed by atoms with Crippen molar-refractivity contribution in [3.63, 3.8) is 0 Å². The lowest BCUT2D eigenvalue weighted by Crippen LogP contribution is -2.49. The highest BCUT2D eigenvalue weighted by atomic mass is 19.1. The van der Waals surface area contributed by atoms with Crippen LogP contribution in [0.5, 0.6) is 5.75 Å². The lowest BCUT2D eigenvalue weighted by Gasteiger charge is -2.41. The fourth-order valence-electron chi connectivity index (χ4n) is 5.81. The molecule has 36 heavy (non-hydrogen) atoms. The zero-order valence-electron chi connectivity index (χ0n) is 21.6. The molecule has 1 aromatic heterocycles. The maximum atomic E-state index is 15.0. The van der Waals surface area contributed by atoms with Crippen LogP contribution in [-0.4, -0.2) is 83.8 Å². The summed E-state index contributed by atoms with van der Waals surface area (Å²) in [4.78, 5) is 15.9. The quantitative estimate of drug-likeness (QED) is 0.631. The van der Waals surface area contributed by atoms with Crippen molar-refractivity contribution in [3.8, 4) is 17.0 Å². The highest BCUT2D eigenvalue weighted by Crippen LogP contribution is 2.39. The number of rotatable bonds is 6. The van der Waals surface area contributed by atoms with Crippen molar-refractivity contribution in [2.45, 2.75) is 64.6 Å². The summed E-state index contributed by atoms with van der Waals surface area (Å²) in [6, 6.07) is 4.16. The molecule has 3 aliphatic heterocycles. The molecular weight excluding hydrogens is 462 g/mol. The third kappa shape index (κ3) is 5.27. The molecule has 0 atom stereocenters. The Kier molecular flexibility index (Phi) is 7.57. The monoisotopic (exact) mass is 500 g/mol. The lowest BCUT2D eigenvalue weighted by molar-refractivity contribution is 0.0919. The Morgan fingerprint density at radius 2 is 1.78 bits per heavy atom. The van der Waals surface area contributed by atoms with E-state index < -0.39 is 11.6 Å². The maximum absolute atomic E-state index is 15.0. The molecule has 5 rings (SSSR count). The van der Waals surface area contributed by atoms with E-state index >= 15 is 0 Å². The highest BCUT2D eigenvalue weighted by Gasteiger charge is 2.29. The summed E-state index contributed by atoms with van der Waals surface area (Å²) in [5.41, 5.74) is 1.12. The van der Waals surface area contributed by atoms with Crippen molar-refractivity contribution < 1.29 is 13.5 Å². The first-order valence-electron chi connectivity index (χ1n) is 13.4. The number of fused-ring (bicyclic) bond motifs is 1. The van der Waals surface area contributed by atoms with Gasteiger partial charge in [0.1, 0.15) is 12.3 Å². The Morgan fingerprint density at radius 3 is 2.47 bits per heavy atom. The van der Waals surface area contributed by atoms with Crippen LogP contribution in [0.1, 0.15) is 46.5 Å². The Balaban J connectivity index is 1.27. The number of nitrogens with one attached hydrogen (secondary N) is 1. The van der Waals surface area contributed by atoms with Gasteiger partial charge in [0.25, 0.3) is 0 Å². The van der Waals surface area contributed by atoms with Gasteiger partial charge in [-0.1, -0.05) is 6.92 Å². The van der Waals surface area contributed by atoms with E-state index in [9.17, 15) is 8.78 Å². The molecule has 4 heterocycles. The van der Waals surface area contributed by atoms with E-state index in [1.54, 1.807) is 6.07 Å². The largest absolute Gasteiger partial charge is 0.486 e. The number of likely N-dealkylation sites (tertiary alicyclic amines) is 2. The molecule has 196 valence electrons. The van der Waals surface area contributed by atoms with Gasteiger partial charge in [-0.05, 0) is 71.3 Å². The maximum Gasteiger partial charge on any atom is 0.223 e. The van der Waals surface area contributed by atoms with Crippen molar-refractivity contribution >= 4 is 11.6 Å². The number of hydrogen-bond acceptors (Lipinski definition) is 7. The number of halogens is 2. The van der Waals surface area contributed by atoms with Crippen LogP contribution < -0.4 is 15.0 Å². The number of aromatic nitrogens is 2. The standard InChI is InChI=1S/C27H38F2N6O/c1-4-33-9-7-21(8-10-33)34-11-5-20(6-12-34)31-27-30-17-23(29)25(32-27)19-15-22(28)26-24(16-19)35(18(2)3)13-14-36-26/h15-18,20-21H,4-14H2,1-3H3,(H,30,31,32). The van der Waals surface area contributed by atoms with E-state index in [0.717, 1.165) is 32.5 Å². The minimum atomic E-state index is -0.569. The molecule has 2 saturated heterocycles. The van der Waals surface area contributed by atoms with Gasteiger partial charge < -0.3 is 24.8 Å². The van der Waals surface area contributed by atoms with Gasteiger partial charge in [-0.3, -0.25) is 0 Å². The second-order valence-electron chi connectivity index (χ2n) is 10.5. The summed E-state index contributed by atoms with van der Waals surface area (Å²) in [7, 11) is 0. The lowest BCUT2D eigenvalue weighted by atomic mass is 9.98. The Hall–Kier alpha value is -2.52. The zero-order valence-corrected chi connectivity index (χ0v) is 21.6. The fraction of sp³-hybridized carbons (Fsp3) is 0.630. The molecular formula is C27H38F2N6O.